The van der Waals surface area contributed by atoms with E-state index in [4.69, 9.17) is 15.9 Å². The van der Waals surface area contributed by atoms with Crippen LogP contribution >= 0.6 is 15.9 Å². The topological polar surface area (TPSA) is 121 Å². The van der Waals surface area contributed by atoms with Gasteiger partial charge in [0.2, 0.25) is 11.8 Å². The summed E-state index contributed by atoms with van der Waals surface area (Å²) in [6, 6.07) is 12.0. The Morgan fingerprint density at radius 3 is 2.56 bits per heavy atom. The van der Waals surface area contributed by atoms with Gasteiger partial charge in [-0.05, 0) is 78.3 Å². The first kappa shape index (κ1) is 23.7. The number of amidine groups is 1. The van der Waals surface area contributed by atoms with Gasteiger partial charge in [-0.1, -0.05) is 6.07 Å². The minimum Gasteiger partial charge on any atom is -0.488 e. The number of carbonyl (C=O) groups excluding carboxylic acids is 2. The minimum atomic E-state index is -0.420. The van der Waals surface area contributed by atoms with Gasteiger partial charge in [-0.15, -0.1) is 0 Å². The van der Waals surface area contributed by atoms with E-state index < -0.39 is 5.91 Å². The number of anilines is 1. The second kappa shape index (κ2) is 10.6. The Morgan fingerprint density at radius 1 is 1.25 bits per heavy atom. The van der Waals surface area contributed by atoms with Crippen LogP contribution < -0.4 is 21.1 Å². The van der Waals surface area contributed by atoms with E-state index in [9.17, 15) is 9.59 Å². The van der Waals surface area contributed by atoms with Crippen molar-refractivity contribution in [3.63, 3.8) is 0 Å². The highest BCUT2D eigenvalue weighted by Crippen LogP contribution is 2.30. The highest BCUT2D eigenvalue weighted by molar-refractivity contribution is 9.10. The van der Waals surface area contributed by atoms with Crippen LogP contribution in [-0.4, -0.2) is 48.8 Å². The number of carbonyl (C=O) groups is 2. The van der Waals surface area contributed by atoms with Crippen molar-refractivity contribution >= 4 is 39.3 Å². The van der Waals surface area contributed by atoms with Crippen LogP contribution in [-0.2, 0) is 9.59 Å². The van der Waals surface area contributed by atoms with Crippen molar-refractivity contribution in [2.24, 2.45) is 5.73 Å². The van der Waals surface area contributed by atoms with Crippen molar-refractivity contribution in [2.75, 3.05) is 25.5 Å². The van der Waals surface area contributed by atoms with Gasteiger partial charge >= 0.3 is 0 Å². The molecule has 0 spiro atoms. The quantitative estimate of drug-likeness (QED) is 0.251. The molecule has 2 unspecified atom stereocenters. The normalized spacial score (nSPS) is 16.9. The molecule has 8 nitrogen and oxygen atoms in total. The number of nitrogens with one attached hydrogen (secondary N) is 3. The van der Waals surface area contributed by atoms with Gasteiger partial charge < -0.3 is 26.0 Å². The number of nitrogens with two attached hydrogens (primary N) is 1. The van der Waals surface area contributed by atoms with Crippen LogP contribution in [0.25, 0.3) is 0 Å². The average Bonchev–Trinajstić information content (AvgIpc) is 3.14. The summed E-state index contributed by atoms with van der Waals surface area (Å²) in [5.74, 6) is -0.0612. The van der Waals surface area contributed by atoms with Gasteiger partial charge in [-0.25, -0.2) is 0 Å². The van der Waals surface area contributed by atoms with E-state index in [1.165, 1.54) is 0 Å². The number of benzene rings is 2. The lowest BCUT2D eigenvalue weighted by Gasteiger charge is -2.18. The SMILES string of the molecule is CC(NC(=O)CC(=O)Nc1ccc(C(=N)N)cc1)c1ccc(OC2CCN(C)C2)c(Br)c1. The van der Waals surface area contributed by atoms with E-state index in [0.29, 0.717) is 11.3 Å². The van der Waals surface area contributed by atoms with Crippen LogP contribution in [0, 0.1) is 5.41 Å². The summed E-state index contributed by atoms with van der Waals surface area (Å²) in [5, 5.41) is 12.9. The molecule has 0 aliphatic carbocycles. The average molecular weight is 502 g/mol. The number of hydrogen-bond donors (Lipinski definition) is 4. The van der Waals surface area contributed by atoms with E-state index in [0.717, 1.165) is 35.3 Å². The molecule has 0 aromatic heterocycles. The van der Waals surface area contributed by atoms with E-state index in [2.05, 4.69) is 38.5 Å². The molecular weight excluding hydrogens is 474 g/mol. The van der Waals surface area contributed by atoms with Crippen LogP contribution in [0.3, 0.4) is 0 Å². The number of amides is 2. The second-order valence-electron chi connectivity index (χ2n) is 7.99. The molecule has 0 saturated carbocycles. The molecule has 1 saturated heterocycles. The monoisotopic (exact) mass is 501 g/mol. The number of nitrogens with zero attached hydrogens (tertiary/aromatic N) is 1. The van der Waals surface area contributed by atoms with Crippen LogP contribution in [0.2, 0.25) is 0 Å². The van der Waals surface area contributed by atoms with Gasteiger partial charge in [0.25, 0.3) is 0 Å². The van der Waals surface area contributed by atoms with Crippen molar-refractivity contribution in [1.29, 1.82) is 5.41 Å². The number of halogens is 1. The predicted octanol–water partition coefficient (Wildman–Crippen LogP) is 3.02. The first-order valence-electron chi connectivity index (χ1n) is 10.4. The zero-order valence-corrected chi connectivity index (χ0v) is 19.7. The molecule has 0 bridgehead atoms. The van der Waals surface area contributed by atoms with E-state index in [1.807, 2.05) is 25.1 Å². The summed E-state index contributed by atoms with van der Waals surface area (Å²) < 4.78 is 6.91. The molecule has 0 radical (unpaired) electrons. The van der Waals surface area contributed by atoms with Gasteiger partial charge in [-0.3, -0.25) is 15.0 Å². The molecule has 2 atom stereocenters. The maximum atomic E-state index is 12.3. The van der Waals surface area contributed by atoms with Crippen molar-refractivity contribution in [2.45, 2.75) is 31.9 Å². The summed E-state index contributed by atoms with van der Waals surface area (Å²) in [6.07, 6.45) is 0.882. The van der Waals surface area contributed by atoms with Crippen molar-refractivity contribution in [1.82, 2.24) is 10.2 Å². The Bertz CT molecular complexity index is 996. The van der Waals surface area contributed by atoms with Crippen LogP contribution in [0.4, 0.5) is 5.69 Å². The first-order valence-corrected chi connectivity index (χ1v) is 11.2. The molecule has 5 N–H and O–H groups in total. The molecule has 170 valence electrons. The molecule has 9 heteroatoms. The summed E-state index contributed by atoms with van der Waals surface area (Å²) in [7, 11) is 2.08. The third-order valence-electron chi connectivity index (χ3n) is 5.28. The zero-order chi connectivity index (χ0) is 23.3. The lowest BCUT2D eigenvalue weighted by molar-refractivity contribution is -0.127. The number of hydrogen-bond acceptors (Lipinski definition) is 5. The summed E-state index contributed by atoms with van der Waals surface area (Å²) in [5.41, 5.74) is 7.42. The smallest absolute Gasteiger partial charge is 0.233 e. The molecule has 3 rings (SSSR count). The Morgan fingerprint density at radius 2 is 1.97 bits per heavy atom. The van der Waals surface area contributed by atoms with E-state index in [-0.39, 0.29) is 30.3 Å². The molecule has 1 aliphatic heterocycles. The Balaban J connectivity index is 1.50. The fourth-order valence-electron chi connectivity index (χ4n) is 3.51. The highest BCUT2D eigenvalue weighted by Gasteiger charge is 2.22. The molecule has 1 aliphatic rings. The summed E-state index contributed by atoms with van der Waals surface area (Å²) in [6.45, 7) is 3.80. The Kier molecular flexibility index (Phi) is 7.87. The molecule has 1 heterocycles. The maximum absolute atomic E-state index is 12.3. The van der Waals surface area contributed by atoms with E-state index in [1.54, 1.807) is 24.3 Å². The Hall–Kier alpha value is -2.91. The molecule has 2 aromatic carbocycles. The third-order valence-corrected chi connectivity index (χ3v) is 5.90. The fraction of sp³-hybridized carbons (Fsp3) is 0.348. The fourth-order valence-corrected chi connectivity index (χ4v) is 4.00. The second-order valence-corrected chi connectivity index (χ2v) is 8.84. The minimum absolute atomic E-state index is 0.0476. The number of ether oxygens (including phenoxy) is 1. The largest absolute Gasteiger partial charge is 0.488 e. The van der Waals surface area contributed by atoms with Crippen molar-refractivity contribution in [3.8, 4) is 5.75 Å². The number of likely N-dealkylation sites (N-methyl/N-ethyl adjacent to an activating group) is 1. The van der Waals surface area contributed by atoms with E-state index >= 15 is 0 Å². The molecular formula is C23H28BrN5O3. The highest BCUT2D eigenvalue weighted by atomic mass is 79.9. The molecule has 32 heavy (non-hydrogen) atoms. The van der Waals surface area contributed by atoms with Gasteiger partial charge in [0.05, 0.1) is 10.5 Å². The van der Waals surface area contributed by atoms with Gasteiger partial charge in [0, 0.05) is 24.3 Å². The first-order chi connectivity index (χ1) is 15.2. The molecule has 1 fully saturated rings. The number of nitrogen functional groups attached to an aromatic ring is 1. The maximum Gasteiger partial charge on any atom is 0.233 e. The lowest BCUT2D eigenvalue weighted by Crippen LogP contribution is -2.30. The summed E-state index contributed by atoms with van der Waals surface area (Å²) in [4.78, 5) is 26.7. The molecule has 2 amide bonds. The van der Waals surface area contributed by atoms with Crippen LogP contribution in [0.5, 0.6) is 5.75 Å². The summed E-state index contributed by atoms with van der Waals surface area (Å²) >= 11 is 3.56. The van der Waals surface area contributed by atoms with Crippen molar-refractivity contribution < 1.29 is 14.3 Å². The van der Waals surface area contributed by atoms with Crippen LogP contribution in [0.1, 0.15) is 36.9 Å². The zero-order valence-electron chi connectivity index (χ0n) is 18.2. The van der Waals surface area contributed by atoms with Crippen LogP contribution in [0.15, 0.2) is 46.9 Å². The number of rotatable bonds is 8. The van der Waals surface area contributed by atoms with Gasteiger partial charge in [0.1, 0.15) is 24.1 Å². The number of likely N-dealkylation sites (tertiary alicyclic amines) is 1. The standard InChI is InChI=1S/C23H28BrN5O3/c1-14(16-5-8-20(19(24)11-16)32-18-9-10-29(2)13-18)27-21(30)12-22(31)28-17-6-3-15(4-7-17)23(25)26/h3-8,11,14,18H,9-10,12-13H2,1-2H3,(H3,25,26)(H,27,30)(H,28,31). The molecule has 2 aromatic rings. The Labute approximate surface area is 196 Å². The van der Waals surface area contributed by atoms with Gasteiger partial charge in [0.15, 0.2) is 0 Å². The van der Waals surface area contributed by atoms with Gasteiger partial charge in [-0.2, -0.15) is 0 Å². The predicted molar refractivity (Wildman–Crippen MR) is 128 cm³/mol. The third kappa shape index (κ3) is 6.54. The van der Waals surface area contributed by atoms with Crippen molar-refractivity contribution in [3.05, 3.63) is 58.1 Å². The lowest BCUT2D eigenvalue weighted by atomic mass is 10.1.